The predicted molar refractivity (Wildman–Crippen MR) is 139 cm³/mol. The molecule has 0 spiro atoms. The Morgan fingerprint density at radius 1 is 0.946 bits per heavy atom. The molecule has 2 N–H and O–H groups in total. The number of ether oxygens (including phenoxy) is 3. The van der Waals surface area contributed by atoms with Crippen molar-refractivity contribution in [3.05, 3.63) is 70.1 Å². The lowest BCUT2D eigenvalue weighted by molar-refractivity contribution is 0.0527. The molecule has 0 saturated heterocycles. The summed E-state index contributed by atoms with van der Waals surface area (Å²) < 4.78 is 43.2. The second-order valence-electron chi connectivity index (χ2n) is 7.52. The molecule has 0 atom stereocenters. The number of carbonyl (C=O) groups excluding carboxylic acids is 3. The van der Waals surface area contributed by atoms with Gasteiger partial charge in [-0.2, -0.15) is 0 Å². The summed E-state index contributed by atoms with van der Waals surface area (Å²) in [5.41, 5.74) is 0.662. The van der Waals surface area contributed by atoms with E-state index in [-0.39, 0.29) is 44.8 Å². The first kappa shape index (κ1) is 27.7. The lowest BCUT2D eigenvalue weighted by Gasteiger charge is -2.11. The Morgan fingerprint density at radius 3 is 2.22 bits per heavy atom. The summed E-state index contributed by atoms with van der Waals surface area (Å²) >= 11 is 0.897. The van der Waals surface area contributed by atoms with Crippen LogP contribution in [0.4, 0.5) is 10.7 Å². The Hall–Kier alpha value is -3.90. The highest BCUT2D eigenvalue weighted by Crippen LogP contribution is 2.35. The number of sulfonamides is 1. The summed E-state index contributed by atoms with van der Waals surface area (Å²) in [4.78, 5) is 38.2. The topological polar surface area (TPSA) is 137 Å². The van der Waals surface area contributed by atoms with Crippen molar-refractivity contribution in [1.29, 1.82) is 0 Å². The highest BCUT2D eigenvalue weighted by atomic mass is 32.2. The summed E-state index contributed by atoms with van der Waals surface area (Å²) in [7, 11) is -2.45. The van der Waals surface area contributed by atoms with Crippen LogP contribution in [0.1, 0.15) is 49.8 Å². The molecular weight excluding hydrogens is 520 g/mol. The lowest BCUT2D eigenvalue weighted by Crippen LogP contribution is -2.16. The Balaban J connectivity index is 1.87. The largest absolute Gasteiger partial charge is 0.497 e. The number of anilines is 2. The van der Waals surface area contributed by atoms with Crippen molar-refractivity contribution in [3.8, 4) is 5.75 Å². The van der Waals surface area contributed by atoms with Crippen LogP contribution in [0.2, 0.25) is 0 Å². The fraction of sp³-hybridized carbons (Fsp3) is 0.240. The fourth-order valence-electron chi connectivity index (χ4n) is 3.31. The van der Waals surface area contributed by atoms with Gasteiger partial charge in [-0.05, 0) is 68.8 Å². The van der Waals surface area contributed by atoms with Crippen LogP contribution in [0, 0.1) is 6.92 Å². The number of hydrogen-bond donors (Lipinski definition) is 2. The van der Waals surface area contributed by atoms with Crippen molar-refractivity contribution in [1.82, 2.24) is 0 Å². The maximum atomic E-state index is 13.1. The molecule has 3 aromatic rings. The Kier molecular flexibility index (Phi) is 8.90. The molecule has 0 aliphatic heterocycles. The molecule has 0 aliphatic carbocycles. The third kappa shape index (κ3) is 6.46. The van der Waals surface area contributed by atoms with Crippen molar-refractivity contribution in [3.63, 3.8) is 0 Å². The van der Waals surface area contributed by atoms with Crippen LogP contribution in [0.3, 0.4) is 0 Å². The summed E-state index contributed by atoms with van der Waals surface area (Å²) in [6.45, 7) is 5.12. The number of methoxy groups -OCH3 is 1. The first-order valence-electron chi connectivity index (χ1n) is 11.2. The minimum Gasteiger partial charge on any atom is -0.497 e. The van der Waals surface area contributed by atoms with Crippen LogP contribution in [0.15, 0.2) is 53.4 Å². The molecule has 0 aliphatic rings. The average Bonchev–Trinajstić information content (AvgIpc) is 3.19. The second kappa shape index (κ2) is 11.9. The van der Waals surface area contributed by atoms with E-state index < -0.39 is 27.9 Å². The molecule has 1 amide bonds. The van der Waals surface area contributed by atoms with Gasteiger partial charge in [0.15, 0.2) is 0 Å². The van der Waals surface area contributed by atoms with Gasteiger partial charge in [0.25, 0.3) is 15.9 Å². The van der Waals surface area contributed by atoms with Gasteiger partial charge in [0.2, 0.25) is 0 Å². The number of rotatable bonds is 10. The van der Waals surface area contributed by atoms with Crippen molar-refractivity contribution < 1.29 is 37.0 Å². The lowest BCUT2D eigenvalue weighted by atomic mass is 10.1. The second-order valence-corrected chi connectivity index (χ2v) is 10.2. The van der Waals surface area contributed by atoms with E-state index in [0.717, 1.165) is 11.3 Å². The Morgan fingerprint density at radius 2 is 1.59 bits per heavy atom. The standard InChI is InChI=1S/C25H26N2O8S2/c1-5-34-24(29)20-15(3)21(25(30)35-6-2)36-23(20)26-22(28)16-8-7-9-17(14-16)27-37(31,32)19-12-10-18(33-4)11-13-19/h7-14,27H,5-6H2,1-4H3,(H,26,28). The van der Waals surface area contributed by atoms with Crippen LogP contribution in [0.25, 0.3) is 0 Å². The number of nitrogens with one attached hydrogen (secondary N) is 2. The van der Waals surface area contributed by atoms with Crippen LogP contribution in [-0.2, 0) is 19.5 Å². The first-order valence-corrected chi connectivity index (χ1v) is 13.5. The van der Waals surface area contributed by atoms with Gasteiger partial charge in [-0.25, -0.2) is 18.0 Å². The smallest absolute Gasteiger partial charge is 0.348 e. The van der Waals surface area contributed by atoms with E-state index in [9.17, 15) is 22.8 Å². The van der Waals surface area contributed by atoms with Crippen molar-refractivity contribution in [2.24, 2.45) is 0 Å². The van der Waals surface area contributed by atoms with E-state index in [4.69, 9.17) is 14.2 Å². The predicted octanol–water partition coefficient (Wildman–Crippen LogP) is 4.47. The third-order valence-corrected chi connectivity index (χ3v) is 7.65. The van der Waals surface area contributed by atoms with Gasteiger partial charge < -0.3 is 19.5 Å². The molecule has 1 aromatic heterocycles. The highest BCUT2D eigenvalue weighted by molar-refractivity contribution is 7.92. The Labute approximate surface area is 218 Å². The van der Waals surface area contributed by atoms with Crippen molar-refractivity contribution >= 4 is 49.9 Å². The van der Waals surface area contributed by atoms with Crippen LogP contribution in [0.5, 0.6) is 5.75 Å². The van der Waals surface area contributed by atoms with Gasteiger partial charge in [-0.1, -0.05) is 6.07 Å². The molecule has 196 valence electrons. The average molecular weight is 547 g/mol. The molecule has 12 heteroatoms. The quantitative estimate of drug-likeness (QED) is 0.355. The van der Waals surface area contributed by atoms with E-state index in [1.165, 1.54) is 55.6 Å². The zero-order chi connectivity index (χ0) is 27.2. The molecule has 0 radical (unpaired) electrons. The zero-order valence-electron chi connectivity index (χ0n) is 20.6. The van der Waals surface area contributed by atoms with Gasteiger partial charge >= 0.3 is 11.9 Å². The van der Waals surface area contributed by atoms with Crippen LogP contribution < -0.4 is 14.8 Å². The molecular formula is C25H26N2O8S2. The maximum Gasteiger partial charge on any atom is 0.348 e. The Bertz CT molecular complexity index is 1410. The number of esters is 2. The van der Waals surface area contributed by atoms with Crippen LogP contribution in [-0.4, -0.2) is 46.6 Å². The first-order chi connectivity index (χ1) is 17.6. The SMILES string of the molecule is CCOC(=O)c1sc(NC(=O)c2cccc(NS(=O)(=O)c3ccc(OC)cc3)c2)c(C(=O)OCC)c1C. The van der Waals surface area contributed by atoms with Gasteiger partial charge in [-0.3, -0.25) is 9.52 Å². The molecule has 10 nitrogen and oxygen atoms in total. The number of carbonyl (C=O) groups is 3. The van der Waals surface area contributed by atoms with E-state index in [2.05, 4.69) is 10.0 Å². The minimum atomic E-state index is -3.93. The van der Waals surface area contributed by atoms with E-state index in [1.54, 1.807) is 20.8 Å². The van der Waals surface area contributed by atoms with Gasteiger partial charge in [-0.15, -0.1) is 11.3 Å². The third-order valence-electron chi connectivity index (χ3n) is 5.06. The van der Waals surface area contributed by atoms with Gasteiger partial charge in [0.1, 0.15) is 15.6 Å². The zero-order valence-corrected chi connectivity index (χ0v) is 22.2. The molecule has 0 bridgehead atoms. The number of thiophene rings is 1. The summed E-state index contributed by atoms with van der Waals surface area (Å²) in [5.74, 6) is -1.42. The molecule has 0 saturated carbocycles. The number of benzene rings is 2. The maximum absolute atomic E-state index is 13.1. The highest BCUT2D eigenvalue weighted by Gasteiger charge is 2.27. The van der Waals surface area contributed by atoms with Crippen LogP contribution >= 0.6 is 11.3 Å². The molecule has 1 heterocycles. The number of hydrogen-bond acceptors (Lipinski definition) is 9. The molecule has 37 heavy (non-hydrogen) atoms. The summed E-state index contributed by atoms with van der Waals surface area (Å²) in [6.07, 6.45) is 0. The minimum absolute atomic E-state index is 0.0165. The summed E-state index contributed by atoms with van der Waals surface area (Å²) in [6, 6.07) is 11.7. The molecule has 3 rings (SSSR count). The molecule has 0 fully saturated rings. The monoisotopic (exact) mass is 546 g/mol. The van der Waals surface area contributed by atoms with Crippen molar-refractivity contribution in [2.75, 3.05) is 30.4 Å². The normalized spacial score (nSPS) is 10.9. The number of amides is 1. The molecule has 0 unspecified atom stereocenters. The fourth-order valence-corrected chi connectivity index (χ4v) is 5.44. The molecule has 2 aromatic carbocycles. The van der Waals surface area contributed by atoms with E-state index in [1.807, 2.05) is 0 Å². The summed E-state index contributed by atoms with van der Waals surface area (Å²) in [5, 5.41) is 2.76. The van der Waals surface area contributed by atoms with Crippen molar-refractivity contribution in [2.45, 2.75) is 25.7 Å². The van der Waals surface area contributed by atoms with Gasteiger partial charge in [0, 0.05) is 11.3 Å². The van der Waals surface area contributed by atoms with E-state index in [0.29, 0.717) is 11.3 Å². The van der Waals surface area contributed by atoms with Gasteiger partial charge in [0.05, 0.1) is 30.8 Å². The van der Waals surface area contributed by atoms with E-state index >= 15 is 0 Å².